The van der Waals surface area contributed by atoms with E-state index in [4.69, 9.17) is 4.74 Å². The number of hydrogen-bond acceptors (Lipinski definition) is 3. The number of carbonyl (C=O) groups excluding carboxylic acids is 2. The summed E-state index contributed by atoms with van der Waals surface area (Å²) in [7, 11) is 1.53. The zero-order valence-corrected chi connectivity index (χ0v) is 17.7. The molecular formula is C24H22F3N3O3. The van der Waals surface area contributed by atoms with Crippen molar-refractivity contribution < 1.29 is 27.5 Å². The van der Waals surface area contributed by atoms with Gasteiger partial charge in [-0.25, -0.2) is 4.79 Å². The number of anilines is 2. The first-order valence-electron chi connectivity index (χ1n) is 10.0. The van der Waals surface area contributed by atoms with Crippen molar-refractivity contribution in [2.75, 3.05) is 30.4 Å². The molecule has 0 atom stereocenters. The smallest absolute Gasteiger partial charge is 0.416 e. The molecule has 0 unspecified atom stereocenters. The lowest BCUT2D eigenvalue weighted by Gasteiger charge is -2.23. The minimum absolute atomic E-state index is 0.0121. The summed E-state index contributed by atoms with van der Waals surface area (Å²) in [4.78, 5) is 26.6. The molecule has 0 aliphatic heterocycles. The van der Waals surface area contributed by atoms with Crippen LogP contribution >= 0.6 is 0 Å². The summed E-state index contributed by atoms with van der Waals surface area (Å²) in [5.74, 6) is 0.289. The molecule has 0 aromatic heterocycles. The van der Waals surface area contributed by atoms with Crippen molar-refractivity contribution in [2.45, 2.75) is 6.18 Å². The first kappa shape index (κ1) is 23.6. The fourth-order valence-corrected chi connectivity index (χ4v) is 3.05. The Bertz CT molecular complexity index is 1090. The second-order valence-electron chi connectivity index (χ2n) is 6.98. The van der Waals surface area contributed by atoms with Gasteiger partial charge < -0.3 is 15.4 Å². The summed E-state index contributed by atoms with van der Waals surface area (Å²) in [6.45, 7) is 0.215. The summed E-state index contributed by atoms with van der Waals surface area (Å²) in [5.41, 5.74) is 0.104. The summed E-state index contributed by atoms with van der Waals surface area (Å²) in [5, 5.41) is 5.23. The first-order chi connectivity index (χ1) is 15.8. The van der Waals surface area contributed by atoms with Crippen molar-refractivity contribution in [3.8, 4) is 5.75 Å². The van der Waals surface area contributed by atoms with E-state index in [1.54, 1.807) is 54.6 Å². The molecule has 0 spiro atoms. The molecule has 0 saturated carbocycles. The van der Waals surface area contributed by atoms with Crippen molar-refractivity contribution in [2.24, 2.45) is 0 Å². The number of nitrogens with zero attached hydrogens (tertiary/aromatic N) is 1. The van der Waals surface area contributed by atoms with E-state index in [2.05, 4.69) is 10.6 Å². The van der Waals surface area contributed by atoms with Crippen molar-refractivity contribution >= 4 is 23.3 Å². The minimum Gasteiger partial charge on any atom is -0.497 e. The van der Waals surface area contributed by atoms with Crippen LogP contribution in [0.3, 0.4) is 0 Å². The SMILES string of the molecule is COc1ccc(C(=O)NCCN(C(=O)Nc2cccc(C(F)(F)F)c2)c2ccccc2)cc1. The van der Waals surface area contributed by atoms with Crippen LogP contribution in [0.15, 0.2) is 78.9 Å². The van der Waals surface area contributed by atoms with E-state index in [-0.39, 0.29) is 24.7 Å². The van der Waals surface area contributed by atoms with E-state index in [0.29, 0.717) is 17.0 Å². The van der Waals surface area contributed by atoms with Gasteiger partial charge in [0.1, 0.15) is 5.75 Å². The van der Waals surface area contributed by atoms with Crippen LogP contribution in [-0.4, -0.2) is 32.1 Å². The standard InChI is InChI=1S/C24H22F3N3O3/c1-33-21-12-10-17(11-13-21)22(31)28-14-15-30(20-8-3-2-4-9-20)23(32)29-19-7-5-6-18(16-19)24(25,26)27/h2-13,16H,14-15H2,1H3,(H,28,31)(H,29,32). The van der Waals surface area contributed by atoms with Crippen LogP contribution in [0, 0.1) is 0 Å². The molecule has 0 bridgehead atoms. The van der Waals surface area contributed by atoms with E-state index in [9.17, 15) is 22.8 Å². The van der Waals surface area contributed by atoms with Crippen molar-refractivity contribution in [3.05, 3.63) is 90.0 Å². The number of rotatable bonds is 7. The largest absolute Gasteiger partial charge is 0.497 e. The maximum Gasteiger partial charge on any atom is 0.416 e. The molecule has 6 nitrogen and oxygen atoms in total. The fourth-order valence-electron chi connectivity index (χ4n) is 3.05. The van der Waals surface area contributed by atoms with Crippen LogP contribution < -0.4 is 20.3 Å². The van der Waals surface area contributed by atoms with Gasteiger partial charge in [-0.1, -0.05) is 24.3 Å². The summed E-state index contributed by atoms with van der Waals surface area (Å²) < 4.78 is 44.0. The van der Waals surface area contributed by atoms with E-state index in [1.165, 1.54) is 24.1 Å². The molecule has 0 fully saturated rings. The Hall–Kier alpha value is -4.01. The number of halogens is 3. The van der Waals surface area contributed by atoms with Crippen LogP contribution in [0.1, 0.15) is 15.9 Å². The third-order valence-electron chi connectivity index (χ3n) is 4.73. The molecule has 3 aromatic rings. The Balaban J connectivity index is 1.69. The van der Waals surface area contributed by atoms with Gasteiger partial charge in [-0.2, -0.15) is 13.2 Å². The van der Waals surface area contributed by atoms with E-state index in [0.717, 1.165) is 12.1 Å². The molecule has 3 amide bonds. The second kappa shape index (κ2) is 10.5. The highest BCUT2D eigenvalue weighted by molar-refractivity contribution is 6.02. The van der Waals surface area contributed by atoms with Gasteiger partial charge in [0.25, 0.3) is 5.91 Å². The lowest BCUT2D eigenvalue weighted by Crippen LogP contribution is -2.41. The fraction of sp³-hybridized carbons (Fsp3) is 0.167. The number of carbonyl (C=O) groups is 2. The zero-order chi connectivity index (χ0) is 23.8. The monoisotopic (exact) mass is 457 g/mol. The van der Waals surface area contributed by atoms with E-state index >= 15 is 0 Å². The van der Waals surface area contributed by atoms with Gasteiger partial charge >= 0.3 is 12.2 Å². The number of nitrogens with one attached hydrogen (secondary N) is 2. The predicted molar refractivity (Wildman–Crippen MR) is 120 cm³/mol. The third-order valence-corrected chi connectivity index (χ3v) is 4.73. The predicted octanol–water partition coefficient (Wildman–Crippen LogP) is 5.18. The maximum absolute atomic E-state index is 13.0. The molecule has 33 heavy (non-hydrogen) atoms. The average molecular weight is 457 g/mol. The number of para-hydroxylation sites is 1. The highest BCUT2D eigenvalue weighted by Crippen LogP contribution is 2.30. The normalized spacial score (nSPS) is 10.9. The molecule has 2 N–H and O–H groups in total. The Morgan fingerprint density at radius 2 is 1.64 bits per heavy atom. The molecule has 3 rings (SSSR count). The van der Waals surface area contributed by atoms with E-state index < -0.39 is 17.8 Å². The summed E-state index contributed by atoms with van der Waals surface area (Å²) in [6.07, 6.45) is -4.52. The van der Waals surface area contributed by atoms with Gasteiger partial charge in [0.05, 0.1) is 12.7 Å². The Morgan fingerprint density at radius 1 is 0.939 bits per heavy atom. The molecule has 9 heteroatoms. The number of methoxy groups -OCH3 is 1. The van der Waals surface area contributed by atoms with Gasteiger partial charge in [-0.15, -0.1) is 0 Å². The van der Waals surface area contributed by atoms with Crippen LogP contribution in [0.5, 0.6) is 5.75 Å². The summed E-state index contributed by atoms with van der Waals surface area (Å²) in [6, 6.07) is 18.9. The molecule has 3 aromatic carbocycles. The topological polar surface area (TPSA) is 70.7 Å². The highest BCUT2D eigenvalue weighted by Gasteiger charge is 2.30. The molecular weight excluding hydrogens is 435 g/mol. The lowest BCUT2D eigenvalue weighted by atomic mass is 10.2. The quantitative estimate of drug-likeness (QED) is 0.514. The molecule has 172 valence electrons. The van der Waals surface area contributed by atoms with Crippen LogP contribution in [0.25, 0.3) is 0 Å². The summed E-state index contributed by atoms with van der Waals surface area (Å²) >= 11 is 0. The number of alkyl halides is 3. The van der Waals surface area contributed by atoms with Gasteiger partial charge in [0.2, 0.25) is 0 Å². The molecule has 0 aliphatic carbocycles. The van der Waals surface area contributed by atoms with Gasteiger partial charge in [-0.3, -0.25) is 9.69 Å². The zero-order valence-electron chi connectivity index (χ0n) is 17.7. The number of ether oxygens (including phenoxy) is 1. The highest BCUT2D eigenvalue weighted by atomic mass is 19.4. The third kappa shape index (κ3) is 6.49. The Kier molecular flexibility index (Phi) is 7.55. The van der Waals surface area contributed by atoms with Crippen molar-refractivity contribution in [1.82, 2.24) is 5.32 Å². The maximum atomic E-state index is 13.0. The Morgan fingerprint density at radius 3 is 2.27 bits per heavy atom. The van der Waals surface area contributed by atoms with Crippen molar-refractivity contribution in [1.29, 1.82) is 0 Å². The number of urea groups is 1. The Labute approximate surface area is 189 Å². The number of hydrogen-bond donors (Lipinski definition) is 2. The van der Waals surface area contributed by atoms with Crippen LogP contribution in [0.4, 0.5) is 29.3 Å². The first-order valence-corrected chi connectivity index (χ1v) is 10.0. The van der Waals surface area contributed by atoms with E-state index in [1.807, 2.05) is 0 Å². The van der Waals surface area contributed by atoms with Crippen LogP contribution in [-0.2, 0) is 6.18 Å². The van der Waals surface area contributed by atoms with Crippen LogP contribution in [0.2, 0.25) is 0 Å². The molecule has 0 radical (unpaired) electrons. The molecule has 0 heterocycles. The lowest BCUT2D eigenvalue weighted by molar-refractivity contribution is -0.137. The number of amides is 3. The van der Waals surface area contributed by atoms with Gasteiger partial charge in [-0.05, 0) is 54.6 Å². The van der Waals surface area contributed by atoms with Gasteiger partial charge in [0, 0.05) is 30.0 Å². The average Bonchev–Trinajstić information content (AvgIpc) is 2.82. The minimum atomic E-state index is -4.52. The molecule has 0 saturated heterocycles. The number of benzene rings is 3. The van der Waals surface area contributed by atoms with Gasteiger partial charge in [0.15, 0.2) is 0 Å². The van der Waals surface area contributed by atoms with Crippen molar-refractivity contribution in [3.63, 3.8) is 0 Å². The second-order valence-corrected chi connectivity index (χ2v) is 6.98. The molecule has 0 aliphatic rings.